The van der Waals surface area contributed by atoms with Gasteiger partial charge in [0.2, 0.25) is 5.91 Å². The zero-order valence-corrected chi connectivity index (χ0v) is 25.0. The first-order valence-corrected chi connectivity index (χ1v) is 14.2. The molecule has 43 heavy (non-hydrogen) atoms. The number of nitrogens with zero attached hydrogens (tertiary/aromatic N) is 6. The number of pyridine rings is 2. The van der Waals surface area contributed by atoms with Crippen LogP contribution in [-0.2, 0) is 4.79 Å². The van der Waals surface area contributed by atoms with Crippen LogP contribution in [0.4, 0.5) is 10.2 Å². The van der Waals surface area contributed by atoms with Crippen LogP contribution >= 0.6 is 11.6 Å². The summed E-state index contributed by atoms with van der Waals surface area (Å²) in [6.07, 6.45) is 3.76. The lowest BCUT2D eigenvalue weighted by atomic mass is 10.0. The number of aromatic nitrogens is 4. The van der Waals surface area contributed by atoms with E-state index in [1.807, 2.05) is 32.6 Å². The third kappa shape index (κ3) is 5.22. The molecule has 2 atom stereocenters. The fourth-order valence-electron chi connectivity index (χ4n) is 5.77. The lowest BCUT2D eigenvalue weighted by Crippen LogP contribution is -2.58. The van der Waals surface area contributed by atoms with Gasteiger partial charge in [0.1, 0.15) is 11.6 Å². The predicted molar refractivity (Wildman–Crippen MR) is 170 cm³/mol. The molecule has 1 aliphatic heterocycles. The molecule has 4 aromatic rings. The fourth-order valence-corrected chi connectivity index (χ4v) is 6.01. The van der Waals surface area contributed by atoms with Gasteiger partial charge in [-0.1, -0.05) is 56.8 Å². The normalized spacial score (nSPS) is 18.9. The maximum Gasteiger partial charge on any atom is 0.355 e. The second-order valence-corrected chi connectivity index (χ2v) is 11.3. The molecule has 1 saturated heterocycles. The Morgan fingerprint density at radius 2 is 1.98 bits per heavy atom. The molecule has 1 amide bonds. The molecule has 0 saturated carbocycles. The summed E-state index contributed by atoms with van der Waals surface area (Å²) in [6, 6.07) is 6.27. The molecule has 1 aromatic carbocycles. The molecule has 3 aromatic heterocycles. The van der Waals surface area contributed by atoms with Crippen molar-refractivity contribution in [2.45, 2.75) is 52.5 Å². The van der Waals surface area contributed by atoms with Crippen molar-refractivity contribution in [2.24, 2.45) is 0 Å². The van der Waals surface area contributed by atoms with E-state index in [9.17, 15) is 9.59 Å². The highest BCUT2D eigenvalue weighted by molar-refractivity contribution is 6.34. The summed E-state index contributed by atoms with van der Waals surface area (Å²) >= 11 is 6.87. The lowest BCUT2D eigenvalue weighted by molar-refractivity contribution is -0.127. The first-order valence-electron chi connectivity index (χ1n) is 16.3. The van der Waals surface area contributed by atoms with Crippen molar-refractivity contribution in [3.63, 3.8) is 0 Å². The first kappa shape index (κ1) is 24.1. The smallest absolute Gasteiger partial charge is 0.347 e. The number of anilines is 1. The number of aryl methyl sites for hydroxylation is 1. The quantitative estimate of drug-likeness (QED) is 0.239. The Bertz CT molecular complexity index is 2020. The van der Waals surface area contributed by atoms with Gasteiger partial charge in [-0.3, -0.25) is 9.78 Å². The maximum absolute atomic E-state index is 15.6. The maximum atomic E-state index is 15.6. The highest BCUT2D eigenvalue weighted by atomic mass is 35.5. The van der Waals surface area contributed by atoms with Crippen LogP contribution in [0.15, 0.2) is 60.5 Å². The number of benzene rings is 1. The Morgan fingerprint density at radius 1 is 1.23 bits per heavy atom. The Balaban J connectivity index is 1.93. The summed E-state index contributed by atoms with van der Waals surface area (Å²) in [5, 5.41) is 0.259. The van der Waals surface area contributed by atoms with Gasteiger partial charge in [-0.25, -0.2) is 18.7 Å². The summed E-state index contributed by atoms with van der Waals surface area (Å²) in [4.78, 5) is 44.1. The number of amides is 1. The van der Waals surface area contributed by atoms with Crippen LogP contribution in [0, 0.1) is 12.7 Å². The van der Waals surface area contributed by atoms with Gasteiger partial charge >= 0.3 is 5.69 Å². The fraction of sp³-hybridized carbons (Fsp3) is 0.303. The van der Waals surface area contributed by atoms with Crippen LogP contribution in [0.5, 0.6) is 0 Å². The van der Waals surface area contributed by atoms with Gasteiger partial charge in [-0.2, -0.15) is 4.98 Å². The van der Waals surface area contributed by atoms with Gasteiger partial charge < -0.3 is 9.80 Å². The van der Waals surface area contributed by atoms with E-state index in [0.29, 0.717) is 18.8 Å². The van der Waals surface area contributed by atoms with Crippen LogP contribution in [0.3, 0.4) is 0 Å². The summed E-state index contributed by atoms with van der Waals surface area (Å²) in [5.74, 6) is -1.09. The SMILES string of the molecule is [2H]C([2H])=Cc1cccc(F)c1-c1nc2c(cc1Cl)c(N1[C@@H](C)CN(C(=O)C=C)C[C@@H]1C)nc(=O)n2-c1c(C([2H])([2H])[2H])ccnc1C(C)C. The van der Waals surface area contributed by atoms with E-state index in [4.69, 9.17) is 23.4 Å². The number of carbonyl (C=O) groups is 1. The Hall–Kier alpha value is -4.37. The largest absolute Gasteiger partial charge is 0.355 e. The minimum absolute atomic E-state index is 0.0147. The van der Waals surface area contributed by atoms with Crippen LogP contribution in [0.2, 0.25) is 5.02 Å². The topological polar surface area (TPSA) is 84.2 Å². The third-order valence-electron chi connectivity index (χ3n) is 7.61. The van der Waals surface area contributed by atoms with E-state index in [1.54, 1.807) is 4.90 Å². The summed E-state index contributed by atoms with van der Waals surface area (Å²) in [6.45, 7) is 8.32. The van der Waals surface area contributed by atoms with Crippen LogP contribution in [0.25, 0.3) is 34.1 Å². The summed E-state index contributed by atoms with van der Waals surface area (Å²) in [5.41, 5.74) is -0.807. The molecule has 8 nitrogen and oxygen atoms in total. The number of rotatable bonds is 6. The van der Waals surface area contributed by atoms with Gasteiger partial charge in [-0.05, 0) is 62.0 Å². The highest BCUT2D eigenvalue weighted by Crippen LogP contribution is 2.38. The Labute approximate surface area is 262 Å². The van der Waals surface area contributed by atoms with Crippen molar-refractivity contribution >= 4 is 40.4 Å². The van der Waals surface area contributed by atoms with E-state index in [1.165, 1.54) is 42.6 Å². The van der Waals surface area contributed by atoms with Crippen molar-refractivity contribution in [1.82, 2.24) is 24.4 Å². The molecule has 222 valence electrons. The van der Waals surface area contributed by atoms with Crippen molar-refractivity contribution in [1.29, 1.82) is 0 Å². The number of hydrogen-bond acceptors (Lipinski definition) is 6. The monoisotopic (exact) mass is 605 g/mol. The minimum atomic E-state index is -2.67. The average molecular weight is 606 g/mol. The van der Waals surface area contributed by atoms with E-state index in [0.717, 1.165) is 10.6 Å². The zero-order chi connectivity index (χ0) is 35.2. The van der Waals surface area contributed by atoms with E-state index >= 15 is 4.39 Å². The minimum Gasteiger partial charge on any atom is -0.347 e. The van der Waals surface area contributed by atoms with Crippen LogP contribution in [0.1, 0.15) is 57.3 Å². The van der Waals surface area contributed by atoms with Crippen molar-refractivity contribution in [3.8, 4) is 16.9 Å². The van der Waals surface area contributed by atoms with Crippen LogP contribution in [-0.4, -0.2) is 55.5 Å². The average Bonchev–Trinajstić information content (AvgIpc) is 2.99. The van der Waals surface area contributed by atoms with Crippen molar-refractivity contribution in [2.75, 3.05) is 18.0 Å². The molecular formula is C33H34ClFN6O2. The van der Waals surface area contributed by atoms with Gasteiger partial charge in [-0.15, -0.1) is 0 Å². The molecule has 0 unspecified atom stereocenters. The van der Waals surface area contributed by atoms with E-state index in [-0.39, 0.29) is 73.9 Å². The molecule has 1 aliphatic rings. The van der Waals surface area contributed by atoms with Gasteiger partial charge in [0.25, 0.3) is 0 Å². The van der Waals surface area contributed by atoms with Crippen LogP contribution < -0.4 is 10.6 Å². The second-order valence-electron chi connectivity index (χ2n) is 10.9. The Morgan fingerprint density at radius 3 is 2.63 bits per heavy atom. The molecule has 0 bridgehead atoms. The van der Waals surface area contributed by atoms with Crippen molar-refractivity contribution in [3.05, 3.63) is 93.9 Å². The van der Waals surface area contributed by atoms with E-state index in [2.05, 4.69) is 16.5 Å². The first-order chi connectivity index (χ1) is 22.5. The number of carbonyl (C=O) groups excluding carboxylic acids is 1. The molecule has 10 heteroatoms. The van der Waals surface area contributed by atoms with Crippen molar-refractivity contribution < 1.29 is 16.0 Å². The standard InChI is InChI=1S/C33H34ClFN6O2/c1-8-22-11-10-12-25(35)27(22)29-24(34)15-23-31(37-29)41(30-19(5)13-14-36-28(30)18(3)4)33(43)38-32(23)40-20(6)16-39(17-21(40)7)26(42)9-2/h8-15,18,20-21H,1-2,16-17H2,3-7H3/t20-,21-/m0/s1/i1D2,5D3. The number of piperazine rings is 1. The Kier molecular flexibility index (Phi) is 6.57. The predicted octanol–water partition coefficient (Wildman–Crippen LogP) is 6.32. The van der Waals surface area contributed by atoms with Gasteiger partial charge in [0, 0.05) is 41.0 Å². The highest BCUT2D eigenvalue weighted by Gasteiger charge is 2.34. The molecule has 0 radical (unpaired) electrons. The molecular weight excluding hydrogens is 567 g/mol. The lowest BCUT2D eigenvalue weighted by Gasteiger charge is -2.45. The second kappa shape index (κ2) is 11.7. The van der Waals surface area contributed by atoms with Gasteiger partial charge in [0.05, 0.1) is 30.2 Å². The molecule has 5 rings (SSSR count). The summed E-state index contributed by atoms with van der Waals surface area (Å²) in [7, 11) is 0. The zero-order valence-electron chi connectivity index (χ0n) is 29.2. The van der Waals surface area contributed by atoms with E-state index < -0.39 is 24.9 Å². The molecule has 0 aliphatic carbocycles. The molecule has 4 heterocycles. The number of halogens is 2. The third-order valence-corrected chi connectivity index (χ3v) is 7.90. The van der Waals surface area contributed by atoms with Gasteiger partial charge in [0.15, 0.2) is 5.65 Å². The molecule has 0 N–H and O–H groups in total. The number of fused-ring (bicyclic) bond motifs is 1. The molecule has 0 spiro atoms. The molecule has 1 fully saturated rings. The number of hydrogen-bond donors (Lipinski definition) is 0. The summed E-state index contributed by atoms with van der Waals surface area (Å²) < 4.78 is 57.0.